The van der Waals surface area contributed by atoms with Crippen LogP contribution in [-0.4, -0.2) is 4.92 Å². The van der Waals surface area contributed by atoms with Crippen molar-refractivity contribution in [2.45, 2.75) is 44.9 Å². The Kier molecular flexibility index (Phi) is 3.22. The zero-order chi connectivity index (χ0) is 11.5. The van der Waals surface area contributed by atoms with Crippen LogP contribution in [0.1, 0.15) is 49.7 Å². The van der Waals surface area contributed by atoms with Crippen LogP contribution in [0.5, 0.6) is 0 Å². The van der Waals surface area contributed by atoms with Crippen LogP contribution in [0.4, 0.5) is 5.69 Å². The van der Waals surface area contributed by atoms with E-state index in [1.54, 1.807) is 6.07 Å². The molecule has 0 N–H and O–H groups in total. The molecule has 0 amide bonds. The van der Waals surface area contributed by atoms with Crippen LogP contribution in [0.15, 0.2) is 12.1 Å². The average molecular weight is 218 g/mol. The molecule has 0 bridgehead atoms. The normalized spacial score (nSPS) is 16.6. The van der Waals surface area contributed by atoms with E-state index in [9.17, 15) is 10.1 Å². The molecule has 2 rings (SSSR count). The molecule has 0 heterocycles. The lowest BCUT2D eigenvalue weighted by Crippen LogP contribution is -1.99. The first-order valence-electron chi connectivity index (χ1n) is 5.91. The van der Waals surface area contributed by atoms with Gasteiger partial charge >= 0.3 is 0 Å². The fourth-order valence-electron chi connectivity index (χ4n) is 2.47. The van der Waals surface area contributed by atoms with Gasteiger partial charge in [0.05, 0.1) is 4.92 Å². The molecule has 1 aromatic rings. The highest BCUT2D eigenvalue weighted by molar-refractivity contribution is 5.43. The molecule has 1 aliphatic carbocycles. The molecule has 1 fully saturated rings. The van der Waals surface area contributed by atoms with Gasteiger partial charge in [-0.15, -0.1) is 0 Å². The van der Waals surface area contributed by atoms with Crippen LogP contribution in [-0.2, 0) is 6.42 Å². The SMILES string of the molecule is CCc1cc(C2CCCC2)[c]cc1[N+](=O)[O-]. The smallest absolute Gasteiger partial charge is 0.258 e. The first kappa shape index (κ1) is 11.1. The van der Waals surface area contributed by atoms with Crippen molar-refractivity contribution in [3.63, 3.8) is 0 Å². The number of hydrogen-bond acceptors (Lipinski definition) is 2. The molecule has 85 valence electrons. The molecule has 1 aromatic carbocycles. The lowest BCUT2D eigenvalue weighted by molar-refractivity contribution is -0.385. The Labute approximate surface area is 95.6 Å². The summed E-state index contributed by atoms with van der Waals surface area (Å²) in [5.41, 5.74) is 2.22. The van der Waals surface area contributed by atoms with Gasteiger partial charge in [-0.3, -0.25) is 10.1 Å². The van der Waals surface area contributed by atoms with Gasteiger partial charge < -0.3 is 0 Å². The van der Waals surface area contributed by atoms with Gasteiger partial charge in [-0.05, 0) is 42.9 Å². The van der Waals surface area contributed by atoms with Crippen LogP contribution < -0.4 is 0 Å². The molecule has 0 atom stereocenters. The summed E-state index contributed by atoms with van der Waals surface area (Å²) in [6, 6.07) is 6.62. The Morgan fingerprint density at radius 3 is 2.75 bits per heavy atom. The number of benzene rings is 1. The summed E-state index contributed by atoms with van der Waals surface area (Å²) in [5, 5.41) is 10.8. The molecule has 0 unspecified atom stereocenters. The second-order valence-corrected chi connectivity index (χ2v) is 4.39. The van der Waals surface area contributed by atoms with Crippen molar-refractivity contribution < 1.29 is 4.92 Å². The molecule has 1 saturated carbocycles. The van der Waals surface area contributed by atoms with Crippen molar-refractivity contribution in [1.82, 2.24) is 0 Å². The quantitative estimate of drug-likeness (QED) is 0.574. The first-order valence-corrected chi connectivity index (χ1v) is 5.91. The van der Waals surface area contributed by atoms with Crippen molar-refractivity contribution in [3.05, 3.63) is 39.4 Å². The van der Waals surface area contributed by atoms with Crippen LogP contribution >= 0.6 is 0 Å². The van der Waals surface area contributed by atoms with E-state index in [2.05, 4.69) is 6.07 Å². The standard InChI is InChI=1S/C13H16NO2/c1-2-10-9-12(11-5-3-4-6-11)7-8-13(10)14(15)16/h8-9,11H,2-6H2,1H3. The Morgan fingerprint density at radius 1 is 1.50 bits per heavy atom. The molecule has 3 heteroatoms. The maximum absolute atomic E-state index is 10.8. The summed E-state index contributed by atoms with van der Waals surface area (Å²) >= 11 is 0. The predicted octanol–water partition coefficient (Wildman–Crippen LogP) is 3.61. The molecular weight excluding hydrogens is 202 g/mol. The van der Waals surface area contributed by atoms with Crippen LogP contribution in [0.3, 0.4) is 0 Å². The molecule has 16 heavy (non-hydrogen) atoms. The Bertz CT molecular complexity index is 395. The summed E-state index contributed by atoms with van der Waals surface area (Å²) in [6.07, 6.45) is 5.67. The van der Waals surface area contributed by atoms with Crippen molar-refractivity contribution in [2.24, 2.45) is 0 Å². The van der Waals surface area contributed by atoms with Crippen molar-refractivity contribution >= 4 is 5.69 Å². The second-order valence-electron chi connectivity index (χ2n) is 4.39. The van der Waals surface area contributed by atoms with Gasteiger partial charge in [0.2, 0.25) is 0 Å². The number of rotatable bonds is 3. The Hall–Kier alpha value is -1.38. The minimum Gasteiger partial charge on any atom is -0.258 e. The van der Waals surface area contributed by atoms with Gasteiger partial charge in [-0.2, -0.15) is 0 Å². The zero-order valence-electron chi connectivity index (χ0n) is 9.53. The summed E-state index contributed by atoms with van der Waals surface area (Å²) in [4.78, 5) is 10.5. The fourth-order valence-corrected chi connectivity index (χ4v) is 2.47. The molecule has 3 nitrogen and oxygen atoms in total. The van der Waals surface area contributed by atoms with Gasteiger partial charge in [0.25, 0.3) is 5.69 Å². The van der Waals surface area contributed by atoms with E-state index in [4.69, 9.17) is 0 Å². The maximum atomic E-state index is 10.8. The van der Waals surface area contributed by atoms with Crippen LogP contribution in [0.2, 0.25) is 0 Å². The van der Waals surface area contributed by atoms with E-state index < -0.39 is 0 Å². The van der Waals surface area contributed by atoms with Crippen molar-refractivity contribution in [1.29, 1.82) is 0 Å². The van der Waals surface area contributed by atoms with Gasteiger partial charge in [0.1, 0.15) is 0 Å². The average Bonchev–Trinajstić information content (AvgIpc) is 2.81. The van der Waals surface area contributed by atoms with Crippen molar-refractivity contribution in [3.8, 4) is 0 Å². The Morgan fingerprint density at radius 2 is 2.19 bits per heavy atom. The summed E-state index contributed by atoms with van der Waals surface area (Å²) in [5.74, 6) is 0.575. The van der Waals surface area contributed by atoms with Crippen LogP contribution in [0.25, 0.3) is 0 Å². The molecule has 0 saturated heterocycles. The monoisotopic (exact) mass is 218 g/mol. The number of nitro benzene ring substituents is 1. The number of nitrogens with zero attached hydrogens (tertiary/aromatic N) is 1. The number of nitro groups is 1. The lowest BCUT2D eigenvalue weighted by atomic mass is 9.94. The lowest BCUT2D eigenvalue weighted by Gasteiger charge is -2.10. The highest BCUT2D eigenvalue weighted by Crippen LogP contribution is 2.35. The largest absolute Gasteiger partial charge is 0.273 e. The van der Waals surface area contributed by atoms with Crippen LogP contribution in [0, 0.1) is 16.2 Å². The number of aryl methyl sites for hydroxylation is 1. The van der Waals surface area contributed by atoms with E-state index in [-0.39, 0.29) is 10.6 Å². The van der Waals surface area contributed by atoms with Crippen molar-refractivity contribution in [2.75, 3.05) is 0 Å². The predicted molar refractivity (Wildman–Crippen MR) is 62.5 cm³/mol. The molecule has 0 spiro atoms. The number of hydrogen-bond donors (Lipinski definition) is 0. The van der Waals surface area contributed by atoms with E-state index >= 15 is 0 Å². The third-order valence-electron chi connectivity index (χ3n) is 3.41. The molecular formula is C13H16NO2. The highest BCUT2D eigenvalue weighted by Gasteiger charge is 2.20. The third-order valence-corrected chi connectivity index (χ3v) is 3.41. The Balaban J connectivity index is 2.32. The fraction of sp³-hybridized carbons (Fsp3) is 0.538. The van der Waals surface area contributed by atoms with E-state index in [0.29, 0.717) is 12.3 Å². The first-order chi connectivity index (χ1) is 7.72. The topological polar surface area (TPSA) is 43.1 Å². The zero-order valence-corrected chi connectivity index (χ0v) is 9.53. The van der Waals surface area contributed by atoms with E-state index in [0.717, 1.165) is 5.56 Å². The van der Waals surface area contributed by atoms with Gasteiger partial charge in [0.15, 0.2) is 0 Å². The second kappa shape index (κ2) is 4.64. The minimum atomic E-state index is -0.312. The van der Waals surface area contributed by atoms with Gasteiger partial charge in [-0.1, -0.05) is 19.8 Å². The molecule has 1 radical (unpaired) electrons. The van der Waals surface area contributed by atoms with Gasteiger partial charge in [-0.25, -0.2) is 0 Å². The molecule has 1 aliphatic rings. The third kappa shape index (κ3) is 2.08. The van der Waals surface area contributed by atoms with E-state index in [1.165, 1.54) is 31.2 Å². The summed E-state index contributed by atoms with van der Waals surface area (Å²) in [6.45, 7) is 1.96. The van der Waals surface area contributed by atoms with Gasteiger partial charge in [0, 0.05) is 11.6 Å². The summed E-state index contributed by atoms with van der Waals surface area (Å²) < 4.78 is 0. The maximum Gasteiger partial charge on any atom is 0.273 e. The highest BCUT2D eigenvalue weighted by atomic mass is 16.6. The molecule has 0 aromatic heterocycles. The molecule has 0 aliphatic heterocycles. The minimum absolute atomic E-state index is 0.212. The summed E-state index contributed by atoms with van der Waals surface area (Å²) in [7, 11) is 0. The van der Waals surface area contributed by atoms with E-state index in [1.807, 2.05) is 13.0 Å².